The van der Waals surface area contributed by atoms with E-state index >= 15 is 0 Å². The molecule has 1 N–H and O–H groups in total. The molecule has 2 heteroatoms. The third-order valence-electron chi connectivity index (χ3n) is 3.31. The maximum atomic E-state index is 5.86. The lowest BCUT2D eigenvalue weighted by molar-refractivity contribution is 0.486. The van der Waals surface area contributed by atoms with Gasteiger partial charge in [0.15, 0.2) is 0 Å². The van der Waals surface area contributed by atoms with Crippen molar-refractivity contribution in [2.75, 3.05) is 6.54 Å². The van der Waals surface area contributed by atoms with Gasteiger partial charge in [-0.15, -0.1) is 0 Å². The molecule has 0 radical (unpaired) electrons. The maximum Gasteiger partial charge on any atom is 0.0406 e. The van der Waals surface area contributed by atoms with Crippen molar-refractivity contribution in [3.63, 3.8) is 0 Å². The Balaban J connectivity index is 2.07. The van der Waals surface area contributed by atoms with Gasteiger partial charge < -0.3 is 5.32 Å². The number of nitrogens with one attached hydrogen (secondary N) is 1. The van der Waals surface area contributed by atoms with Crippen molar-refractivity contribution in [3.05, 3.63) is 34.9 Å². The summed E-state index contributed by atoms with van der Waals surface area (Å²) in [5.74, 6) is 0. The minimum atomic E-state index is 0.633. The zero-order chi connectivity index (χ0) is 13.2. The van der Waals surface area contributed by atoms with Crippen molar-refractivity contribution in [1.82, 2.24) is 5.32 Å². The first-order valence-electron chi connectivity index (χ1n) is 7.20. The summed E-state index contributed by atoms with van der Waals surface area (Å²) in [7, 11) is 0. The molecular weight excluding hydrogens is 242 g/mol. The van der Waals surface area contributed by atoms with Crippen molar-refractivity contribution < 1.29 is 0 Å². The molecular formula is C16H26ClN. The van der Waals surface area contributed by atoms with Crippen LogP contribution < -0.4 is 5.32 Å². The highest BCUT2D eigenvalue weighted by Gasteiger charge is 2.01. The van der Waals surface area contributed by atoms with E-state index in [1.807, 2.05) is 12.1 Å². The molecule has 1 aromatic carbocycles. The fourth-order valence-electron chi connectivity index (χ4n) is 2.09. The van der Waals surface area contributed by atoms with Crippen LogP contribution in [0.2, 0.25) is 5.02 Å². The molecule has 0 amide bonds. The summed E-state index contributed by atoms with van der Waals surface area (Å²) < 4.78 is 0. The number of rotatable bonds is 9. The standard InChI is InChI=1S/C16H26ClN/c1-3-4-5-6-7-14(2)18-13-12-15-8-10-16(17)11-9-15/h8-11,14,18H,3-7,12-13H2,1-2H3. The first-order valence-corrected chi connectivity index (χ1v) is 7.58. The Morgan fingerprint density at radius 2 is 1.83 bits per heavy atom. The van der Waals surface area contributed by atoms with Gasteiger partial charge in [0.25, 0.3) is 0 Å². The van der Waals surface area contributed by atoms with Crippen molar-refractivity contribution in [2.45, 2.75) is 58.4 Å². The Hall–Kier alpha value is -0.530. The van der Waals surface area contributed by atoms with Crippen LogP contribution in [0.5, 0.6) is 0 Å². The number of halogens is 1. The molecule has 0 aliphatic rings. The van der Waals surface area contributed by atoms with E-state index in [1.54, 1.807) is 0 Å². The highest BCUT2D eigenvalue weighted by atomic mass is 35.5. The smallest absolute Gasteiger partial charge is 0.0406 e. The fraction of sp³-hybridized carbons (Fsp3) is 0.625. The van der Waals surface area contributed by atoms with Gasteiger partial charge in [-0.2, -0.15) is 0 Å². The zero-order valence-corrected chi connectivity index (χ0v) is 12.5. The van der Waals surface area contributed by atoms with Gasteiger partial charge >= 0.3 is 0 Å². The van der Waals surface area contributed by atoms with Gasteiger partial charge in [0, 0.05) is 11.1 Å². The van der Waals surface area contributed by atoms with E-state index in [9.17, 15) is 0 Å². The van der Waals surface area contributed by atoms with Crippen molar-refractivity contribution >= 4 is 11.6 Å². The minimum Gasteiger partial charge on any atom is -0.314 e. The summed E-state index contributed by atoms with van der Waals surface area (Å²) in [6.45, 7) is 5.60. The summed E-state index contributed by atoms with van der Waals surface area (Å²) in [5.41, 5.74) is 1.35. The molecule has 0 heterocycles. The molecule has 0 saturated carbocycles. The van der Waals surface area contributed by atoms with Gasteiger partial charge in [-0.3, -0.25) is 0 Å². The average molecular weight is 268 g/mol. The van der Waals surface area contributed by atoms with Crippen LogP contribution in [-0.2, 0) is 6.42 Å². The Morgan fingerprint density at radius 1 is 1.11 bits per heavy atom. The molecule has 0 aliphatic carbocycles. The van der Waals surface area contributed by atoms with E-state index in [-0.39, 0.29) is 0 Å². The predicted molar refractivity (Wildman–Crippen MR) is 81.4 cm³/mol. The molecule has 1 unspecified atom stereocenters. The van der Waals surface area contributed by atoms with Crippen LogP contribution >= 0.6 is 11.6 Å². The third kappa shape index (κ3) is 7.03. The van der Waals surface area contributed by atoms with Gasteiger partial charge in [-0.05, 0) is 44.0 Å². The molecule has 1 aromatic rings. The van der Waals surface area contributed by atoms with Crippen LogP contribution in [0.25, 0.3) is 0 Å². The molecule has 1 atom stereocenters. The molecule has 18 heavy (non-hydrogen) atoms. The monoisotopic (exact) mass is 267 g/mol. The molecule has 0 spiro atoms. The van der Waals surface area contributed by atoms with Gasteiger partial charge in [0.2, 0.25) is 0 Å². The Morgan fingerprint density at radius 3 is 2.50 bits per heavy atom. The quantitative estimate of drug-likeness (QED) is 0.632. The first kappa shape index (κ1) is 15.5. The van der Waals surface area contributed by atoms with E-state index in [4.69, 9.17) is 11.6 Å². The highest BCUT2D eigenvalue weighted by Crippen LogP contribution is 2.10. The molecule has 0 bridgehead atoms. The van der Waals surface area contributed by atoms with Gasteiger partial charge in [-0.1, -0.05) is 56.3 Å². The van der Waals surface area contributed by atoms with E-state index in [0.717, 1.165) is 18.0 Å². The van der Waals surface area contributed by atoms with E-state index in [1.165, 1.54) is 37.7 Å². The average Bonchev–Trinajstić information content (AvgIpc) is 2.37. The minimum absolute atomic E-state index is 0.633. The first-order chi connectivity index (χ1) is 8.72. The summed E-state index contributed by atoms with van der Waals surface area (Å²) in [6, 6.07) is 8.77. The second-order valence-electron chi connectivity index (χ2n) is 5.08. The Kier molecular flexibility index (Phi) is 8.11. The Labute approximate surface area is 117 Å². The fourth-order valence-corrected chi connectivity index (χ4v) is 2.22. The number of unbranched alkanes of at least 4 members (excludes halogenated alkanes) is 3. The largest absolute Gasteiger partial charge is 0.314 e. The summed E-state index contributed by atoms with van der Waals surface area (Å²) >= 11 is 5.86. The van der Waals surface area contributed by atoms with Crippen LogP contribution in [0, 0.1) is 0 Å². The van der Waals surface area contributed by atoms with Gasteiger partial charge in [0.1, 0.15) is 0 Å². The molecule has 0 aliphatic heterocycles. The molecule has 0 aromatic heterocycles. The normalized spacial score (nSPS) is 12.6. The van der Waals surface area contributed by atoms with E-state index in [2.05, 4.69) is 31.3 Å². The number of hydrogen-bond donors (Lipinski definition) is 1. The Bertz CT molecular complexity index is 307. The zero-order valence-electron chi connectivity index (χ0n) is 11.7. The summed E-state index contributed by atoms with van der Waals surface area (Å²) in [4.78, 5) is 0. The molecule has 0 fully saturated rings. The molecule has 102 valence electrons. The number of hydrogen-bond acceptors (Lipinski definition) is 1. The number of benzene rings is 1. The van der Waals surface area contributed by atoms with E-state index in [0.29, 0.717) is 6.04 Å². The molecule has 1 nitrogen and oxygen atoms in total. The maximum absolute atomic E-state index is 5.86. The van der Waals surface area contributed by atoms with Gasteiger partial charge in [-0.25, -0.2) is 0 Å². The van der Waals surface area contributed by atoms with Crippen LogP contribution in [0.3, 0.4) is 0 Å². The second-order valence-corrected chi connectivity index (χ2v) is 5.52. The lowest BCUT2D eigenvalue weighted by atomic mass is 10.1. The van der Waals surface area contributed by atoms with Crippen LogP contribution in [0.1, 0.15) is 51.5 Å². The summed E-state index contributed by atoms with van der Waals surface area (Å²) in [5, 5.41) is 4.41. The molecule has 1 rings (SSSR count). The lowest BCUT2D eigenvalue weighted by Crippen LogP contribution is -2.27. The van der Waals surface area contributed by atoms with E-state index < -0.39 is 0 Å². The lowest BCUT2D eigenvalue weighted by Gasteiger charge is -2.13. The summed E-state index contributed by atoms with van der Waals surface area (Å²) in [6.07, 6.45) is 7.79. The van der Waals surface area contributed by atoms with Crippen molar-refractivity contribution in [3.8, 4) is 0 Å². The van der Waals surface area contributed by atoms with Gasteiger partial charge in [0.05, 0.1) is 0 Å². The SMILES string of the molecule is CCCCCCC(C)NCCc1ccc(Cl)cc1. The van der Waals surface area contributed by atoms with Crippen LogP contribution in [-0.4, -0.2) is 12.6 Å². The van der Waals surface area contributed by atoms with Crippen LogP contribution in [0.4, 0.5) is 0 Å². The van der Waals surface area contributed by atoms with Crippen molar-refractivity contribution in [2.24, 2.45) is 0 Å². The van der Waals surface area contributed by atoms with Crippen molar-refractivity contribution in [1.29, 1.82) is 0 Å². The topological polar surface area (TPSA) is 12.0 Å². The predicted octanol–water partition coefficient (Wildman–Crippen LogP) is 4.83. The molecule has 0 saturated heterocycles. The highest BCUT2D eigenvalue weighted by molar-refractivity contribution is 6.30. The second kappa shape index (κ2) is 9.41. The third-order valence-corrected chi connectivity index (χ3v) is 3.56. The van der Waals surface area contributed by atoms with Crippen LogP contribution in [0.15, 0.2) is 24.3 Å².